The Balaban J connectivity index is 2.18. The van der Waals surface area contributed by atoms with Crippen LogP contribution in [-0.2, 0) is 22.6 Å². The van der Waals surface area contributed by atoms with Crippen molar-refractivity contribution in [2.75, 3.05) is 20.3 Å². The Morgan fingerprint density at radius 2 is 2.19 bits per heavy atom. The van der Waals surface area contributed by atoms with E-state index in [1.54, 1.807) is 6.26 Å². The Bertz CT molecular complexity index is 284. The first-order valence-electron chi connectivity index (χ1n) is 5.63. The normalized spacial score (nSPS) is 11.2. The lowest BCUT2D eigenvalue weighted by Crippen LogP contribution is -2.10. The van der Waals surface area contributed by atoms with E-state index in [-0.39, 0.29) is 6.10 Å². The molecule has 4 heteroatoms. The first-order chi connectivity index (χ1) is 7.74. The van der Waals surface area contributed by atoms with Crippen LogP contribution in [0.5, 0.6) is 0 Å². The molecule has 0 aliphatic rings. The van der Waals surface area contributed by atoms with Crippen molar-refractivity contribution in [1.82, 2.24) is 5.32 Å². The Kier molecular flexibility index (Phi) is 6.15. The molecule has 92 valence electrons. The minimum atomic E-state index is 0.257. The van der Waals surface area contributed by atoms with Gasteiger partial charge in [-0.25, -0.2) is 0 Å². The molecule has 1 rings (SSSR count). The average Bonchev–Trinajstić information content (AvgIpc) is 2.65. The van der Waals surface area contributed by atoms with Gasteiger partial charge < -0.3 is 19.2 Å². The van der Waals surface area contributed by atoms with E-state index in [1.165, 1.54) is 0 Å². The van der Waals surface area contributed by atoms with Crippen molar-refractivity contribution in [3.05, 3.63) is 23.7 Å². The number of hydrogen-bond donors (Lipinski definition) is 1. The third kappa shape index (κ3) is 4.79. The Labute approximate surface area is 96.9 Å². The molecule has 0 atom stereocenters. The van der Waals surface area contributed by atoms with Crippen LogP contribution in [0.2, 0.25) is 0 Å². The second-order valence-corrected chi connectivity index (χ2v) is 3.87. The maximum absolute atomic E-state index is 5.47. The van der Waals surface area contributed by atoms with Crippen LogP contribution in [0.1, 0.15) is 25.2 Å². The average molecular weight is 227 g/mol. The van der Waals surface area contributed by atoms with E-state index >= 15 is 0 Å². The molecule has 0 aliphatic heterocycles. The molecule has 1 N–H and O–H groups in total. The predicted octanol–water partition coefficient (Wildman–Crippen LogP) is 1.94. The smallest absolute Gasteiger partial charge is 0.133 e. The number of nitrogens with one attached hydrogen (secondary N) is 1. The maximum Gasteiger partial charge on any atom is 0.133 e. The van der Waals surface area contributed by atoms with Crippen LogP contribution >= 0.6 is 0 Å². The van der Waals surface area contributed by atoms with Gasteiger partial charge in [0.1, 0.15) is 12.4 Å². The minimum Gasteiger partial charge on any atom is -0.467 e. The van der Waals surface area contributed by atoms with Crippen LogP contribution in [-0.4, -0.2) is 26.4 Å². The highest BCUT2D eigenvalue weighted by atomic mass is 16.5. The zero-order chi connectivity index (χ0) is 11.8. The molecule has 0 aromatic carbocycles. The van der Waals surface area contributed by atoms with E-state index in [0.29, 0.717) is 19.8 Å². The van der Waals surface area contributed by atoms with Crippen LogP contribution in [0.25, 0.3) is 0 Å². The van der Waals surface area contributed by atoms with E-state index in [2.05, 4.69) is 5.32 Å². The summed E-state index contributed by atoms with van der Waals surface area (Å²) in [4.78, 5) is 0. The number of rotatable bonds is 8. The van der Waals surface area contributed by atoms with Gasteiger partial charge in [-0.1, -0.05) is 0 Å². The molecule has 1 aromatic heterocycles. The Hall–Kier alpha value is -0.840. The fourth-order valence-electron chi connectivity index (χ4n) is 1.35. The summed E-state index contributed by atoms with van der Waals surface area (Å²) in [5.41, 5.74) is 1.15. The fraction of sp³-hybridized carbons (Fsp3) is 0.667. The van der Waals surface area contributed by atoms with Gasteiger partial charge in [0.05, 0.1) is 25.6 Å². The molecule has 16 heavy (non-hydrogen) atoms. The van der Waals surface area contributed by atoms with Gasteiger partial charge in [-0.3, -0.25) is 0 Å². The Morgan fingerprint density at radius 1 is 1.38 bits per heavy atom. The van der Waals surface area contributed by atoms with Crippen LogP contribution in [0.4, 0.5) is 0 Å². The summed E-state index contributed by atoms with van der Waals surface area (Å²) in [6.45, 7) is 6.55. The molecule has 0 amide bonds. The lowest BCUT2D eigenvalue weighted by molar-refractivity contribution is 0.0101. The van der Waals surface area contributed by atoms with Crippen LogP contribution in [0.15, 0.2) is 16.7 Å². The highest BCUT2D eigenvalue weighted by Gasteiger charge is 2.05. The molecule has 0 radical (unpaired) electrons. The second-order valence-electron chi connectivity index (χ2n) is 3.87. The molecule has 1 heterocycles. The summed E-state index contributed by atoms with van der Waals surface area (Å²) in [6.07, 6.45) is 1.95. The van der Waals surface area contributed by atoms with Gasteiger partial charge in [0, 0.05) is 12.1 Å². The standard InChI is InChI=1S/C12H21NO3/c1-10(2)15-7-6-14-9-12-11(8-13-3)4-5-16-12/h4-5,10,13H,6-9H2,1-3H3. The molecule has 0 saturated carbocycles. The van der Waals surface area contributed by atoms with Crippen molar-refractivity contribution >= 4 is 0 Å². The van der Waals surface area contributed by atoms with E-state index < -0.39 is 0 Å². The molecule has 0 aliphatic carbocycles. The highest BCUT2D eigenvalue weighted by Crippen LogP contribution is 2.11. The van der Waals surface area contributed by atoms with Gasteiger partial charge in [0.2, 0.25) is 0 Å². The molecule has 4 nitrogen and oxygen atoms in total. The molecular weight excluding hydrogens is 206 g/mol. The van der Waals surface area contributed by atoms with Gasteiger partial charge in [-0.05, 0) is 27.0 Å². The van der Waals surface area contributed by atoms with Crippen molar-refractivity contribution in [2.45, 2.75) is 33.1 Å². The topological polar surface area (TPSA) is 43.6 Å². The number of hydrogen-bond acceptors (Lipinski definition) is 4. The van der Waals surface area contributed by atoms with Gasteiger partial charge in [0.25, 0.3) is 0 Å². The Morgan fingerprint density at radius 3 is 2.88 bits per heavy atom. The summed E-state index contributed by atoms with van der Waals surface area (Å²) in [5, 5.41) is 3.09. The molecule has 0 bridgehead atoms. The maximum atomic E-state index is 5.47. The second kappa shape index (κ2) is 7.44. The summed E-state index contributed by atoms with van der Waals surface area (Å²) < 4.78 is 16.2. The molecule has 0 spiro atoms. The van der Waals surface area contributed by atoms with Crippen molar-refractivity contribution in [3.8, 4) is 0 Å². The molecule has 0 fully saturated rings. The number of ether oxygens (including phenoxy) is 2. The molecular formula is C12H21NO3. The van der Waals surface area contributed by atoms with E-state index in [4.69, 9.17) is 13.9 Å². The predicted molar refractivity (Wildman–Crippen MR) is 62.2 cm³/mol. The van der Waals surface area contributed by atoms with Gasteiger partial charge >= 0.3 is 0 Å². The van der Waals surface area contributed by atoms with Gasteiger partial charge in [-0.15, -0.1) is 0 Å². The monoisotopic (exact) mass is 227 g/mol. The zero-order valence-corrected chi connectivity index (χ0v) is 10.3. The summed E-state index contributed by atoms with van der Waals surface area (Å²) in [6, 6.07) is 1.96. The molecule has 1 aromatic rings. The van der Waals surface area contributed by atoms with Crippen LogP contribution in [0, 0.1) is 0 Å². The van der Waals surface area contributed by atoms with Crippen molar-refractivity contribution in [3.63, 3.8) is 0 Å². The largest absolute Gasteiger partial charge is 0.467 e. The fourth-order valence-corrected chi connectivity index (χ4v) is 1.35. The van der Waals surface area contributed by atoms with Crippen molar-refractivity contribution in [1.29, 1.82) is 0 Å². The molecule has 0 unspecified atom stereocenters. The highest BCUT2D eigenvalue weighted by molar-refractivity contribution is 5.15. The zero-order valence-electron chi connectivity index (χ0n) is 10.3. The first kappa shape index (κ1) is 13.2. The quantitative estimate of drug-likeness (QED) is 0.689. The minimum absolute atomic E-state index is 0.257. The third-order valence-corrected chi connectivity index (χ3v) is 2.12. The first-order valence-corrected chi connectivity index (χ1v) is 5.63. The SMILES string of the molecule is CNCc1ccoc1COCCOC(C)C. The van der Waals surface area contributed by atoms with Gasteiger partial charge in [-0.2, -0.15) is 0 Å². The van der Waals surface area contributed by atoms with E-state index in [0.717, 1.165) is 17.9 Å². The lowest BCUT2D eigenvalue weighted by Gasteiger charge is -2.08. The third-order valence-electron chi connectivity index (χ3n) is 2.12. The molecule has 0 saturated heterocycles. The van der Waals surface area contributed by atoms with Crippen LogP contribution < -0.4 is 5.32 Å². The van der Waals surface area contributed by atoms with E-state index in [1.807, 2.05) is 27.0 Å². The van der Waals surface area contributed by atoms with Crippen molar-refractivity contribution in [2.24, 2.45) is 0 Å². The summed E-state index contributed by atoms with van der Waals surface area (Å²) in [7, 11) is 1.91. The summed E-state index contributed by atoms with van der Waals surface area (Å²) >= 11 is 0. The van der Waals surface area contributed by atoms with Gasteiger partial charge in [0.15, 0.2) is 0 Å². The van der Waals surface area contributed by atoms with Crippen molar-refractivity contribution < 1.29 is 13.9 Å². The lowest BCUT2D eigenvalue weighted by atomic mass is 10.2. The van der Waals surface area contributed by atoms with Crippen LogP contribution in [0.3, 0.4) is 0 Å². The van der Waals surface area contributed by atoms with E-state index in [9.17, 15) is 0 Å². The summed E-state index contributed by atoms with van der Waals surface area (Å²) in [5.74, 6) is 0.888. The number of furan rings is 1.